The molecule has 2 rings (SSSR count). The molecule has 0 radical (unpaired) electrons. The molecule has 0 saturated heterocycles. The molecule has 3 heteroatoms. The van der Waals surface area contributed by atoms with Gasteiger partial charge >= 0.3 is 0 Å². The summed E-state index contributed by atoms with van der Waals surface area (Å²) in [7, 11) is 0. The van der Waals surface area contributed by atoms with Crippen molar-refractivity contribution < 1.29 is 4.74 Å². The lowest BCUT2D eigenvalue weighted by Gasteiger charge is -2.21. The van der Waals surface area contributed by atoms with Crippen LogP contribution in [0.3, 0.4) is 0 Å². The van der Waals surface area contributed by atoms with Crippen molar-refractivity contribution in [3.8, 4) is 5.75 Å². The summed E-state index contributed by atoms with van der Waals surface area (Å²) in [4.78, 5) is 4.29. The molecular formula is C18H24N2O. The van der Waals surface area contributed by atoms with Crippen molar-refractivity contribution in [1.82, 2.24) is 10.3 Å². The quantitative estimate of drug-likeness (QED) is 0.838. The molecular weight excluding hydrogens is 260 g/mol. The van der Waals surface area contributed by atoms with Crippen molar-refractivity contribution in [1.29, 1.82) is 0 Å². The van der Waals surface area contributed by atoms with Crippen LogP contribution in [0.15, 0.2) is 42.7 Å². The van der Waals surface area contributed by atoms with E-state index in [1.807, 2.05) is 31.5 Å². The Morgan fingerprint density at radius 2 is 2.10 bits per heavy atom. The maximum Gasteiger partial charge on any atom is 0.119 e. The van der Waals surface area contributed by atoms with Crippen LogP contribution in [0.2, 0.25) is 0 Å². The van der Waals surface area contributed by atoms with Gasteiger partial charge in [0.2, 0.25) is 0 Å². The molecule has 0 fully saturated rings. The van der Waals surface area contributed by atoms with Gasteiger partial charge in [0, 0.05) is 12.4 Å². The molecule has 0 aliphatic heterocycles. The summed E-state index contributed by atoms with van der Waals surface area (Å²) in [5, 5.41) is 3.62. The molecule has 112 valence electrons. The Labute approximate surface area is 127 Å². The van der Waals surface area contributed by atoms with Gasteiger partial charge in [0.1, 0.15) is 5.75 Å². The highest BCUT2D eigenvalue weighted by Gasteiger charge is 2.16. The number of ether oxygens (including phenoxy) is 1. The first-order valence-electron chi connectivity index (χ1n) is 7.63. The van der Waals surface area contributed by atoms with Gasteiger partial charge in [-0.05, 0) is 61.7 Å². The van der Waals surface area contributed by atoms with E-state index in [2.05, 4.69) is 42.3 Å². The standard InChI is InChI=1S/C18H24N2O/c1-4-10-20-18(17-13-19-11-9-14(17)3)15-7-6-8-16(12-15)21-5-2/h6-9,11-13,18,20H,4-5,10H2,1-3H3. The lowest BCUT2D eigenvalue weighted by molar-refractivity contribution is 0.339. The van der Waals surface area contributed by atoms with E-state index in [1.54, 1.807) is 0 Å². The maximum absolute atomic E-state index is 5.62. The molecule has 1 unspecified atom stereocenters. The minimum atomic E-state index is 0.152. The molecule has 1 heterocycles. The van der Waals surface area contributed by atoms with E-state index in [1.165, 1.54) is 16.7 Å². The van der Waals surface area contributed by atoms with Gasteiger partial charge in [-0.15, -0.1) is 0 Å². The van der Waals surface area contributed by atoms with Crippen molar-refractivity contribution in [2.45, 2.75) is 33.2 Å². The first kappa shape index (κ1) is 15.5. The zero-order valence-corrected chi connectivity index (χ0v) is 13.1. The highest BCUT2D eigenvalue weighted by molar-refractivity contribution is 5.38. The van der Waals surface area contributed by atoms with Crippen LogP contribution < -0.4 is 10.1 Å². The predicted octanol–water partition coefficient (Wildman–Crippen LogP) is 3.88. The topological polar surface area (TPSA) is 34.1 Å². The van der Waals surface area contributed by atoms with E-state index in [-0.39, 0.29) is 6.04 Å². The van der Waals surface area contributed by atoms with E-state index in [0.717, 1.165) is 18.7 Å². The smallest absolute Gasteiger partial charge is 0.119 e. The van der Waals surface area contributed by atoms with Crippen molar-refractivity contribution in [3.05, 3.63) is 59.4 Å². The number of nitrogens with zero attached hydrogens (tertiary/aromatic N) is 1. The van der Waals surface area contributed by atoms with Crippen LogP contribution in [0.1, 0.15) is 43.0 Å². The molecule has 1 atom stereocenters. The van der Waals surface area contributed by atoms with E-state index in [0.29, 0.717) is 6.61 Å². The van der Waals surface area contributed by atoms with E-state index in [4.69, 9.17) is 4.74 Å². The number of hydrogen-bond donors (Lipinski definition) is 1. The average molecular weight is 284 g/mol. The maximum atomic E-state index is 5.62. The second-order valence-corrected chi connectivity index (χ2v) is 5.12. The molecule has 0 aliphatic rings. The number of pyridine rings is 1. The molecule has 0 spiro atoms. The third-order valence-electron chi connectivity index (χ3n) is 3.49. The van der Waals surface area contributed by atoms with E-state index >= 15 is 0 Å². The third-order valence-corrected chi connectivity index (χ3v) is 3.49. The van der Waals surface area contributed by atoms with Crippen LogP contribution in [-0.4, -0.2) is 18.1 Å². The molecule has 1 aromatic carbocycles. The van der Waals surface area contributed by atoms with Crippen LogP contribution in [0.25, 0.3) is 0 Å². The molecule has 0 aliphatic carbocycles. The summed E-state index contributed by atoms with van der Waals surface area (Å²) in [5.41, 5.74) is 3.69. The lowest BCUT2D eigenvalue weighted by Crippen LogP contribution is -2.24. The largest absolute Gasteiger partial charge is 0.494 e. The Kier molecular flexibility index (Phi) is 5.76. The Morgan fingerprint density at radius 1 is 1.24 bits per heavy atom. The fraction of sp³-hybridized carbons (Fsp3) is 0.389. The summed E-state index contributed by atoms with van der Waals surface area (Å²) in [6, 6.07) is 10.5. The molecule has 0 saturated carbocycles. The number of aryl methyl sites for hydroxylation is 1. The molecule has 0 amide bonds. The van der Waals surface area contributed by atoms with Gasteiger partial charge in [-0.25, -0.2) is 0 Å². The van der Waals surface area contributed by atoms with Crippen LogP contribution in [0.4, 0.5) is 0 Å². The summed E-state index contributed by atoms with van der Waals surface area (Å²) in [5.74, 6) is 0.917. The Morgan fingerprint density at radius 3 is 2.81 bits per heavy atom. The first-order chi connectivity index (χ1) is 10.3. The second-order valence-electron chi connectivity index (χ2n) is 5.12. The van der Waals surface area contributed by atoms with Crippen LogP contribution in [-0.2, 0) is 0 Å². The van der Waals surface area contributed by atoms with Crippen molar-refractivity contribution in [2.24, 2.45) is 0 Å². The molecule has 0 bridgehead atoms. The van der Waals surface area contributed by atoms with Crippen molar-refractivity contribution in [3.63, 3.8) is 0 Å². The van der Waals surface area contributed by atoms with Gasteiger partial charge in [0.05, 0.1) is 12.6 Å². The van der Waals surface area contributed by atoms with Crippen LogP contribution >= 0.6 is 0 Å². The third kappa shape index (κ3) is 4.05. The molecule has 1 aromatic heterocycles. The van der Waals surface area contributed by atoms with Gasteiger partial charge < -0.3 is 10.1 Å². The molecule has 21 heavy (non-hydrogen) atoms. The highest BCUT2D eigenvalue weighted by atomic mass is 16.5. The molecule has 1 N–H and O–H groups in total. The van der Waals surface area contributed by atoms with Crippen molar-refractivity contribution >= 4 is 0 Å². The van der Waals surface area contributed by atoms with Gasteiger partial charge in [0.15, 0.2) is 0 Å². The van der Waals surface area contributed by atoms with Crippen molar-refractivity contribution in [2.75, 3.05) is 13.2 Å². The second kappa shape index (κ2) is 7.79. The fourth-order valence-electron chi connectivity index (χ4n) is 2.43. The monoisotopic (exact) mass is 284 g/mol. The Balaban J connectivity index is 2.36. The molecule has 2 aromatic rings. The SMILES string of the molecule is CCCNC(c1cccc(OCC)c1)c1cnccc1C. The zero-order valence-electron chi connectivity index (χ0n) is 13.1. The average Bonchev–Trinajstić information content (AvgIpc) is 2.50. The number of aromatic nitrogens is 1. The normalized spacial score (nSPS) is 12.1. The number of rotatable bonds is 7. The van der Waals surface area contributed by atoms with Gasteiger partial charge in [0.25, 0.3) is 0 Å². The Bertz CT molecular complexity index is 569. The van der Waals surface area contributed by atoms with Gasteiger partial charge in [-0.2, -0.15) is 0 Å². The molecule has 3 nitrogen and oxygen atoms in total. The minimum Gasteiger partial charge on any atom is -0.494 e. The number of benzene rings is 1. The zero-order chi connectivity index (χ0) is 15.1. The number of nitrogens with one attached hydrogen (secondary N) is 1. The van der Waals surface area contributed by atoms with Gasteiger partial charge in [-0.3, -0.25) is 4.98 Å². The highest BCUT2D eigenvalue weighted by Crippen LogP contribution is 2.27. The Hall–Kier alpha value is -1.87. The van der Waals surface area contributed by atoms with E-state index in [9.17, 15) is 0 Å². The summed E-state index contributed by atoms with van der Waals surface area (Å²) in [6.07, 6.45) is 4.89. The van der Waals surface area contributed by atoms with Gasteiger partial charge in [-0.1, -0.05) is 19.1 Å². The number of hydrogen-bond acceptors (Lipinski definition) is 3. The predicted molar refractivity (Wildman–Crippen MR) is 86.7 cm³/mol. The minimum absolute atomic E-state index is 0.152. The summed E-state index contributed by atoms with van der Waals surface area (Å²) < 4.78 is 5.62. The summed E-state index contributed by atoms with van der Waals surface area (Å²) >= 11 is 0. The van der Waals surface area contributed by atoms with Crippen LogP contribution in [0, 0.1) is 6.92 Å². The first-order valence-corrected chi connectivity index (χ1v) is 7.63. The van der Waals surface area contributed by atoms with Crippen LogP contribution in [0.5, 0.6) is 5.75 Å². The fourth-order valence-corrected chi connectivity index (χ4v) is 2.43. The summed E-state index contributed by atoms with van der Waals surface area (Å²) in [6.45, 7) is 7.96. The lowest BCUT2D eigenvalue weighted by atomic mass is 9.96. The van der Waals surface area contributed by atoms with E-state index < -0.39 is 0 Å².